The largest absolute Gasteiger partial charge is 0.416 e. The lowest BCUT2D eigenvalue weighted by Crippen LogP contribution is -2.41. The molecule has 164 valence electrons. The molecule has 2 aromatic carbocycles. The molecule has 0 bridgehead atoms. The molecule has 0 heterocycles. The highest BCUT2D eigenvalue weighted by Crippen LogP contribution is 2.36. The van der Waals surface area contributed by atoms with Crippen molar-refractivity contribution >= 4 is 56.6 Å². The number of hydrogen-bond donors (Lipinski definition) is 1. The second-order valence-electron chi connectivity index (χ2n) is 6.09. The van der Waals surface area contributed by atoms with Crippen molar-refractivity contribution < 1.29 is 26.4 Å². The van der Waals surface area contributed by atoms with Gasteiger partial charge in [0.15, 0.2) is 0 Å². The fraction of sp³-hybridized carbons (Fsp3) is 0.278. The molecule has 0 aromatic heterocycles. The average molecular weight is 501 g/mol. The van der Waals surface area contributed by atoms with Gasteiger partial charge in [-0.2, -0.15) is 13.2 Å². The minimum atomic E-state index is -4.69. The smallest absolute Gasteiger partial charge is 0.354 e. The van der Waals surface area contributed by atoms with E-state index in [-0.39, 0.29) is 11.6 Å². The predicted molar refractivity (Wildman–Crippen MR) is 114 cm³/mol. The maximum atomic E-state index is 13.0. The molecule has 0 fully saturated rings. The molecule has 5 nitrogen and oxygen atoms in total. The summed E-state index contributed by atoms with van der Waals surface area (Å²) in [6.07, 6.45) is -3.91. The third-order valence-corrected chi connectivity index (χ3v) is 6.45. The Morgan fingerprint density at radius 2 is 1.77 bits per heavy atom. The van der Waals surface area contributed by atoms with Crippen molar-refractivity contribution in [2.45, 2.75) is 11.1 Å². The molecule has 1 amide bonds. The number of thioether (sulfide) groups is 1. The number of amides is 1. The van der Waals surface area contributed by atoms with Gasteiger partial charge in [-0.05, 0) is 42.5 Å². The Kier molecular flexibility index (Phi) is 8.32. The highest BCUT2D eigenvalue weighted by molar-refractivity contribution is 7.99. The Morgan fingerprint density at radius 3 is 2.33 bits per heavy atom. The van der Waals surface area contributed by atoms with E-state index < -0.39 is 39.9 Å². The monoisotopic (exact) mass is 500 g/mol. The fourth-order valence-corrected chi connectivity index (χ4v) is 4.36. The van der Waals surface area contributed by atoms with E-state index in [0.717, 1.165) is 23.3 Å². The first kappa shape index (κ1) is 24.6. The number of halogens is 5. The van der Waals surface area contributed by atoms with Crippen LogP contribution in [0, 0.1) is 0 Å². The van der Waals surface area contributed by atoms with Crippen molar-refractivity contribution in [2.75, 3.05) is 29.4 Å². The molecule has 2 aromatic rings. The molecule has 0 radical (unpaired) electrons. The summed E-state index contributed by atoms with van der Waals surface area (Å²) < 4.78 is 63.7. The van der Waals surface area contributed by atoms with Crippen LogP contribution in [0.2, 0.25) is 10.0 Å². The average Bonchev–Trinajstić information content (AvgIpc) is 2.63. The Balaban J connectivity index is 2.05. The van der Waals surface area contributed by atoms with Crippen molar-refractivity contribution in [3.8, 4) is 0 Å². The quantitative estimate of drug-likeness (QED) is 0.421. The van der Waals surface area contributed by atoms with Gasteiger partial charge in [-0.25, -0.2) is 8.42 Å². The summed E-state index contributed by atoms with van der Waals surface area (Å²) in [4.78, 5) is 13.1. The van der Waals surface area contributed by atoms with Gasteiger partial charge in [-0.1, -0.05) is 23.2 Å². The van der Waals surface area contributed by atoms with E-state index in [0.29, 0.717) is 21.1 Å². The Morgan fingerprint density at radius 1 is 1.13 bits per heavy atom. The number of hydrogen-bond acceptors (Lipinski definition) is 4. The van der Waals surface area contributed by atoms with Crippen LogP contribution >= 0.6 is 35.0 Å². The molecule has 0 unspecified atom stereocenters. The Bertz CT molecular complexity index is 1000. The maximum Gasteiger partial charge on any atom is 0.416 e. The first-order valence-corrected chi connectivity index (χ1v) is 12.0. The summed E-state index contributed by atoms with van der Waals surface area (Å²) in [6.45, 7) is -0.481. The highest BCUT2D eigenvalue weighted by atomic mass is 35.5. The summed E-state index contributed by atoms with van der Waals surface area (Å²) in [6, 6.07) is 9.37. The van der Waals surface area contributed by atoms with Gasteiger partial charge >= 0.3 is 6.18 Å². The van der Waals surface area contributed by atoms with Gasteiger partial charge in [0, 0.05) is 22.2 Å². The van der Waals surface area contributed by atoms with Gasteiger partial charge in [0.2, 0.25) is 15.9 Å². The standard InChI is InChI=1S/C18H17Cl2F3N2O3S2/c1-30(27,28)25(16-10-12(18(21,22)23)2-7-15(16)20)11-17(26)24-8-9-29-14-5-3-13(19)4-6-14/h2-7,10H,8-9,11H2,1H3,(H,24,26). The molecule has 2 rings (SSSR count). The van der Waals surface area contributed by atoms with Gasteiger partial charge < -0.3 is 5.32 Å². The van der Waals surface area contributed by atoms with E-state index in [1.54, 1.807) is 12.1 Å². The molecule has 0 saturated carbocycles. The fourth-order valence-electron chi connectivity index (χ4n) is 2.34. The Labute approximate surface area is 186 Å². The molecule has 0 aliphatic carbocycles. The van der Waals surface area contributed by atoms with Crippen LogP contribution in [0.3, 0.4) is 0 Å². The number of sulfonamides is 1. The normalized spacial score (nSPS) is 11.9. The number of nitrogens with zero attached hydrogens (tertiary/aromatic N) is 1. The lowest BCUT2D eigenvalue weighted by Gasteiger charge is -2.24. The predicted octanol–water partition coefficient (Wildman–Crippen LogP) is 4.69. The zero-order chi connectivity index (χ0) is 22.5. The van der Waals surface area contributed by atoms with E-state index in [1.165, 1.54) is 11.8 Å². The van der Waals surface area contributed by atoms with Crippen molar-refractivity contribution in [2.24, 2.45) is 0 Å². The van der Waals surface area contributed by atoms with Gasteiger partial charge in [0.1, 0.15) is 6.54 Å². The van der Waals surface area contributed by atoms with Crippen LogP contribution in [0.1, 0.15) is 5.56 Å². The number of rotatable bonds is 8. The Hall–Kier alpha value is -1.62. The van der Waals surface area contributed by atoms with Gasteiger partial charge in [0.05, 0.1) is 22.5 Å². The van der Waals surface area contributed by atoms with Crippen LogP contribution in [0.25, 0.3) is 0 Å². The van der Waals surface area contributed by atoms with Crippen molar-refractivity contribution in [3.63, 3.8) is 0 Å². The van der Waals surface area contributed by atoms with Crippen LogP contribution in [0.4, 0.5) is 18.9 Å². The summed E-state index contributed by atoms with van der Waals surface area (Å²) in [7, 11) is -4.07. The summed E-state index contributed by atoms with van der Waals surface area (Å²) in [5.41, 5.74) is -1.49. The molecule has 1 N–H and O–H groups in total. The first-order valence-electron chi connectivity index (χ1n) is 8.37. The molecular weight excluding hydrogens is 484 g/mol. The van der Waals surface area contributed by atoms with Gasteiger partial charge in [-0.15, -0.1) is 11.8 Å². The number of alkyl halides is 3. The lowest BCUT2D eigenvalue weighted by atomic mass is 10.2. The highest BCUT2D eigenvalue weighted by Gasteiger charge is 2.33. The van der Waals surface area contributed by atoms with Gasteiger partial charge in [-0.3, -0.25) is 9.10 Å². The molecule has 0 saturated heterocycles. The molecule has 0 spiro atoms. The molecular formula is C18H17Cl2F3N2O3S2. The number of carbonyl (C=O) groups excluding carboxylic acids is 1. The number of benzene rings is 2. The third-order valence-electron chi connectivity index (χ3n) is 3.74. The third kappa shape index (κ3) is 7.26. The van der Waals surface area contributed by atoms with Crippen molar-refractivity contribution in [1.29, 1.82) is 0 Å². The SMILES string of the molecule is CS(=O)(=O)N(CC(=O)NCCSc1ccc(Cl)cc1)c1cc(C(F)(F)F)ccc1Cl. The number of nitrogens with one attached hydrogen (secondary N) is 1. The van der Waals surface area contributed by atoms with Crippen LogP contribution in [0.15, 0.2) is 47.4 Å². The maximum absolute atomic E-state index is 13.0. The van der Waals surface area contributed by atoms with E-state index in [9.17, 15) is 26.4 Å². The zero-order valence-electron chi connectivity index (χ0n) is 15.5. The van der Waals surface area contributed by atoms with Crippen LogP contribution in [-0.4, -0.2) is 39.4 Å². The topological polar surface area (TPSA) is 66.5 Å². The number of anilines is 1. The molecule has 30 heavy (non-hydrogen) atoms. The summed E-state index contributed by atoms with van der Waals surface area (Å²) in [5.74, 6) is -0.179. The van der Waals surface area contributed by atoms with Crippen molar-refractivity contribution in [3.05, 3.63) is 58.1 Å². The second kappa shape index (κ2) is 10.1. The van der Waals surface area contributed by atoms with E-state index >= 15 is 0 Å². The molecule has 0 aliphatic rings. The van der Waals surface area contributed by atoms with Crippen LogP contribution in [-0.2, 0) is 21.0 Å². The van der Waals surface area contributed by atoms with E-state index in [4.69, 9.17) is 23.2 Å². The van der Waals surface area contributed by atoms with Crippen molar-refractivity contribution in [1.82, 2.24) is 5.32 Å². The van der Waals surface area contributed by atoms with Crippen LogP contribution in [0.5, 0.6) is 0 Å². The second-order valence-corrected chi connectivity index (χ2v) is 10.0. The van der Waals surface area contributed by atoms with E-state index in [1.807, 2.05) is 12.1 Å². The van der Waals surface area contributed by atoms with Crippen LogP contribution < -0.4 is 9.62 Å². The van der Waals surface area contributed by atoms with Gasteiger partial charge in [0.25, 0.3) is 0 Å². The van der Waals surface area contributed by atoms with E-state index in [2.05, 4.69) is 5.32 Å². The first-order chi connectivity index (χ1) is 13.9. The zero-order valence-corrected chi connectivity index (χ0v) is 18.7. The minimum absolute atomic E-state index is 0.222. The number of carbonyl (C=O) groups is 1. The summed E-state index contributed by atoms with van der Waals surface area (Å²) >= 11 is 13.2. The molecule has 0 aliphatic heterocycles. The summed E-state index contributed by atoms with van der Waals surface area (Å²) in [5, 5.41) is 2.92. The minimum Gasteiger partial charge on any atom is -0.354 e. The molecule has 12 heteroatoms. The molecule has 0 atom stereocenters. The lowest BCUT2D eigenvalue weighted by molar-refractivity contribution is -0.137.